The van der Waals surface area contributed by atoms with Gasteiger partial charge in [0.05, 0.1) is 6.42 Å². The van der Waals surface area contributed by atoms with Gasteiger partial charge in [0, 0.05) is 18.3 Å². The van der Waals surface area contributed by atoms with Crippen LogP contribution in [0.2, 0.25) is 0 Å². The molecule has 2 N–H and O–H groups in total. The van der Waals surface area contributed by atoms with Crippen molar-refractivity contribution in [2.24, 2.45) is 34.5 Å². The highest BCUT2D eigenvalue weighted by Gasteiger charge is 2.60. The second kappa shape index (κ2) is 5.85. The summed E-state index contributed by atoms with van der Waals surface area (Å²) in [7, 11) is 0. The van der Waals surface area contributed by atoms with Crippen molar-refractivity contribution in [3.8, 4) is 0 Å². The van der Waals surface area contributed by atoms with E-state index in [1.165, 1.54) is 0 Å². The number of ketones is 1. The van der Waals surface area contributed by atoms with Gasteiger partial charge in [-0.2, -0.15) is 0 Å². The SMILES string of the molecule is C[C@]1(CC(=O)O)[C@H](CC(=O)O)CC[C@H]2[C@@H]1CC[C@]1(C)C(=O)CC[C@@H]21. The van der Waals surface area contributed by atoms with Crippen molar-refractivity contribution in [1.82, 2.24) is 0 Å². The van der Waals surface area contributed by atoms with E-state index in [2.05, 4.69) is 6.92 Å². The van der Waals surface area contributed by atoms with E-state index < -0.39 is 17.4 Å². The Morgan fingerprint density at radius 2 is 1.75 bits per heavy atom. The minimum atomic E-state index is -0.843. The van der Waals surface area contributed by atoms with Crippen molar-refractivity contribution in [3.05, 3.63) is 0 Å². The lowest BCUT2D eigenvalue weighted by Crippen LogP contribution is -2.53. The van der Waals surface area contributed by atoms with Gasteiger partial charge in [0.15, 0.2) is 0 Å². The van der Waals surface area contributed by atoms with E-state index >= 15 is 0 Å². The molecule has 0 unspecified atom stereocenters. The smallest absolute Gasteiger partial charge is 0.303 e. The van der Waals surface area contributed by atoms with E-state index in [4.69, 9.17) is 0 Å². The Morgan fingerprint density at radius 3 is 2.38 bits per heavy atom. The molecule has 0 heterocycles. The minimum Gasteiger partial charge on any atom is -0.481 e. The molecule has 0 saturated heterocycles. The maximum atomic E-state index is 12.4. The largest absolute Gasteiger partial charge is 0.481 e. The highest BCUT2D eigenvalue weighted by atomic mass is 16.4. The lowest BCUT2D eigenvalue weighted by Gasteiger charge is -2.57. The standard InChI is InChI=1S/C19H28O5/c1-18-8-7-14-12(13(18)5-6-15(18)20)4-3-11(9-16(21)22)19(14,2)10-17(23)24/h11-14H,3-10H2,1-2H3,(H,21,22)(H,23,24)/t11-,12+,13-,14-,18-,19-/m0/s1. The summed E-state index contributed by atoms with van der Waals surface area (Å²) in [6.07, 6.45) is 5.03. The molecule has 0 aliphatic heterocycles. The van der Waals surface area contributed by atoms with Crippen LogP contribution in [0.5, 0.6) is 0 Å². The molecule has 3 aliphatic carbocycles. The molecule has 134 valence electrons. The number of hydrogen-bond donors (Lipinski definition) is 2. The number of carbonyl (C=O) groups is 3. The number of fused-ring (bicyclic) bond motifs is 3. The summed E-state index contributed by atoms with van der Waals surface area (Å²) in [5.41, 5.74) is -0.717. The molecule has 0 aromatic rings. The third kappa shape index (κ3) is 2.56. The van der Waals surface area contributed by atoms with Gasteiger partial charge in [0.2, 0.25) is 0 Å². The Hall–Kier alpha value is -1.39. The predicted molar refractivity (Wildman–Crippen MR) is 87.4 cm³/mol. The quantitative estimate of drug-likeness (QED) is 0.821. The summed E-state index contributed by atoms with van der Waals surface area (Å²) in [5, 5.41) is 18.7. The fourth-order valence-electron chi connectivity index (χ4n) is 6.45. The molecule has 3 aliphatic rings. The number of rotatable bonds is 4. The number of aliphatic carboxylic acids is 2. The van der Waals surface area contributed by atoms with Crippen LogP contribution in [0.15, 0.2) is 0 Å². The zero-order valence-electron chi connectivity index (χ0n) is 14.6. The first-order valence-corrected chi connectivity index (χ1v) is 9.15. The minimum absolute atomic E-state index is 0.0312. The molecule has 0 amide bonds. The highest BCUT2D eigenvalue weighted by molar-refractivity contribution is 5.87. The van der Waals surface area contributed by atoms with Crippen LogP contribution >= 0.6 is 0 Å². The van der Waals surface area contributed by atoms with Crippen LogP contribution in [-0.4, -0.2) is 27.9 Å². The first-order chi connectivity index (χ1) is 11.2. The van der Waals surface area contributed by atoms with Crippen LogP contribution in [0, 0.1) is 34.5 Å². The summed E-state index contributed by atoms with van der Waals surface area (Å²) in [5.74, 6) is -0.466. The molecule has 24 heavy (non-hydrogen) atoms. The molecule has 6 atom stereocenters. The lowest BCUT2D eigenvalue weighted by molar-refractivity contribution is -0.156. The average molecular weight is 336 g/mol. The van der Waals surface area contributed by atoms with E-state index in [-0.39, 0.29) is 30.1 Å². The highest BCUT2D eigenvalue weighted by Crippen LogP contribution is 2.64. The van der Waals surface area contributed by atoms with Crippen molar-refractivity contribution >= 4 is 17.7 Å². The zero-order chi connectivity index (χ0) is 17.7. The Morgan fingerprint density at radius 1 is 1.04 bits per heavy atom. The monoisotopic (exact) mass is 336 g/mol. The topological polar surface area (TPSA) is 91.7 Å². The predicted octanol–water partition coefficient (Wildman–Crippen LogP) is 3.36. The van der Waals surface area contributed by atoms with Gasteiger partial charge in [0.1, 0.15) is 5.78 Å². The van der Waals surface area contributed by atoms with Crippen molar-refractivity contribution < 1.29 is 24.6 Å². The lowest BCUT2D eigenvalue weighted by atomic mass is 9.46. The number of carboxylic acids is 2. The van der Waals surface area contributed by atoms with E-state index in [0.717, 1.165) is 32.1 Å². The third-order valence-electron chi connectivity index (χ3n) is 7.73. The fraction of sp³-hybridized carbons (Fsp3) is 0.842. The van der Waals surface area contributed by atoms with Crippen molar-refractivity contribution in [2.45, 2.75) is 65.2 Å². The fourth-order valence-corrected chi connectivity index (χ4v) is 6.45. The number of carboxylic acid groups (broad SMARTS) is 2. The molecule has 0 spiro atoms. The summed E-state index contributed by atoms with van der Waals surface area (Å²) >= 11 is 0. The van der Waals surface area contributed by atoms with Gasteiger partial charge in [-0.05, 0) is 61.2 Å². The van der Waals surface area contributed by atoms with Crippen LogP contribution in [0.1, 0.15) is 65.2 Å². The Labute approximate surface area is 142 Å². The van der Waals surface area contributed by atoms with E-state index in [1.54, 1.807) is 0 Å². The van der Waals surface area contributed by atoms with E-state index in [9.17, 15) is 24.6 Å². The number of hydrogen-bond acceptors (Lipinski definition) is 3. The Bertz CT molecular complexity index is 570. The Balaban J connectivity index is 1.92. The van der Waals surface area contributed by atoms with Crippen LogP contribution in [-0.2, 0) is 14.4 Å². The van der Waals surface area contributed by atoms with Gasteiger partial charge >= 0.3 is 11.9 Å². The first-order valence-electron chi connectivity index (χ1n) is 9.15. The third-order valence-corrected chi connectivity index (χ3v) is 7.73. The van der Waals surface area contributed by atoms with Crippen molar-refractivity contribution in [3.63, 3.8) is 0 Å². The number of Topliss-reactive ketones (excluding diaryl/α,β-unsaturated/α-hetero) is 1. The average Bonchev–Trinajstić information content (AvgIpc) is 2.77. The Kier molecular flexibility index (Phi) is 4.25. The van der Waals surface area contributed by atoms with Crippen molar-refractivity contribution in [1.29, 1.82) is 0 Å². The van der Waals surface area contributed by atoms with E-state index in [1.807, 2.05) is 6.92 Å². The van der Waals surface area contributed by atoms with Gasteiger partial charge in [-0.1, -0.05) is 13.8 Å². The first kappa shape index (κ1) is 17.4. The van der Waals surface area contributed by atoms with Gasteiger partial charge in [-0.25, -0.2) is 0 Å². The summed E-state index contributed by atoms with van der Waals surface area (Å²) in [6, 6.07) is 0. The zero-order valence-corrected chi connectivity index (χ0v) is 14.6. The summed E-state index contributed by atoms with van der Waals surface area (Å²) < 4.78 is 0. The second-order valence-electron chi connectivity index (χ2n) is 8.74. The molecule has 5 nitrogen and oxygen atoms in total. The maximum absolute atomic E-state index is 12.4. The van der Waals surface area contributed by atoms with Gasteiger partial charge in [0.25, 0.3) is 0 Å². The molecule has 0 aromatic carbocycles. The molecule has 5 heteroatoms. The normalized spacial score (nSPS) is 44.7. The second-order valence-corrected chi connectivity index (χ2v) is 8.74. The van der Waals surface area contributed by atoms with E-state index in [0.29, 0.717) is 24.0 Å². The molecule has 3 rings (SSSR count). The molecular formula is C19H28O5. The molecule has 3 fully saturated rings. The summed E-state index contributed by atoms with van der Waals surface area (Å²) in [6.45, 7) is 4.09. The summed E-state index contributed by atoms with van der Waals surface area (Å²) in [4.78, 5) is 35.2. The molecule has 0 radical (unpaired) electrons. The maximum Gasteiger partial charge on any atom is 0.303 e. The van der Waals surface area contributed by atoms with Crippen LogP contribution in [0.4, 0.5) is 0 Å². The van der Waals surface area contributed by atoms with Crippen LogP contribution in [0.3, 0.4) is 0 Å². The molecule has 0 bridgehead atoms. The van der Waals surface area contributed by atoms with Crippen molar-refractivity contribution in [2.75, 3.05) is 0 Å². The number of carbonyl (C=O) groups excluding carboxylic acids is 1. The van der Waals surface area contributed by atoms with Crippen LogP contribution in [0.25, 0.3) is 0 Å². The molecular weight excluding hydrogens is 308 g/mol. The van der Waals surface area contributed by atoms with Gasteiger partial charge < -0.3 is 10.2 Å². The molecule has 0 aromatic heterocycles. The van der Waals surface area contributed by atoms with Gasteiger partial charge in [-0.15, -0.1) is 0 Å². The molecule has 3 saturated carbocycles. The van der Waals surface area contributed by atoms with Crippen LogP contribution < -0.4 is 0 Å². The van der Waals surface area contributed by atoms with Gasteiger partial charge in [-0.3, -0.25) is 14.4 Å².